The Balaban J connectivity index is 1.55. The molecule has 0 unspecified atom stereocenters. The van der Waals surface area contributed by atoms with Crippen molar-refractivity contribution in [3.05, 3.63) is 57.0 Å². The Morgan fingerprint density at radius 2 is 1.13 bits per heavy atom. The molecule has 45 heavy (non-hydrogen) atoms. The van der Waals surface area contributed by atoms with Crippen LogP contribution in [-0.4, -0.2) is 39.0 Å². The first kappa shape index (κ1) is 37.0. The Labute approximate surface area is 278 Å². The average Bonchev–Trinajstić information content (AvgIpc) is 3.35. The number of nitrogens with zero attached hydrogens (tertiary/aromatic N) is 2. The molecule has 250 valence electrons. The lowest BCUT2D eigenvalue weighted by Crippen LogP contribution is -2.29. The monoisotopic (exact) mass is 636 g/mol. The smallest absolute Gasteiger partial charge is 0.201 e. The number of carbonyl (C=O) groups excluding carboxylic acids is 2. The fourth-order valence-corrected chi connectivity index (χ4v) is 7.29. The summed E-state index contributed by atoms with van der Waals surface area (Å²) in [5.74, 6) is -0.547. The van der Waals surface area contributed by atoms with E-state index in [1.807, 2.05) is 19.9 Å². The van der Waals surface area contributed by atoms with Gasteiger partial charge in [0, 0.05) is 40.9 Å². The summed E-state index contributed by atoms with van der Waals surface area (Å²) in [7, 11) is 0. The first-order valence-corrected chi connectivity index (χ1v) is 19.0. The van der Waals surface area contributed by atoms with Crippen LogP contribution in [0.1, 0.15) is 158 Å². The Morgan fingerprint density at radius 3 is 1.53 bits per heavy atom. The van der Waals surface area contributed by atoms with Gasteiger partial charge >= 0.3 is 0 Å². The molecule has 2 aliphatic rings. The molecule has 0 aromatic carbocycles. The summed E-state index contributed by atoms with van der Waals surface area (Å²) in [6.45, 7) is 10.2. The fraction of sp³-hybridized carbons (Fsp3) is 0.667. The van der Waals surface area contributed by atoms with Gasteiger partial charge in [-0.05, 0) is 50.4 Å². The van der Waals surface area contributed by atoms with Gasteiger partial charge in [0.1, 0.15) is 5.76 Å². The fourth-order valence-electron chi connectivity index (χ4n) is 6.59. The Hall–Kier alpha value is -2.47. The second-order valence-corrected chi connectivity index (χ2v) is 14.1. The number of aromatic nitrogens is 1. The van der Waals surface area contributed by atoms with Crippen LogP contribution in [0.2, 0.25) is 0 Å². The molecule has 0 radical (unpaired) electrons. The van der Waals surface area contributed by atoms with E-state index >= 15 is 0 Å². The third-order valence-corrected chi connectivity index (χ3v) is 10.2. The lowest BCUT2D eigenvalue weighted by molar-refractivity contribution is -0.114. The van der Waals surface area contributed by atoms with Crippen molar-refractivity contribution in [2.24, 2.45) is 0 Å². The molecule has 1 aromatic heterocycles. The van der Waals surface area contributed by atoms with E-state index in [1.54, 1.807) is 12.2 Å². The number of hydrogen-bond acceptors (Lipinski definition) is 6. The lowest BCUT2D eigenvalue weighted by atomic mass is 9.79. The molecule has 0 atom stereocenters. The van der Waals surface area contributed by atoms with E-state index in [2.05, 4.69) is 23.1 Å². The van der Waals surface area contributed by atoms with Gasteiger partial charge in [0.2, 0.25) is 5.78 Å². The summed E-state index contributed by atoms with van der Waals surface area (Å²) in [6.07, 6.45) is 31.5. The molecule has 3 rings (SSSR count). The zero-order chi connectivity index (χ0) is 32.4. The summed E-state index contributed by atoms with van der Waals surface area (Å²) in [5, 5.41) is 10.9. The minimum absolute atomic E-state index is 0.0798. The number of allylic oxidation sites excluding steroid dienone is 6. The zero-order valence-corrected chi connectivity index (χ0v) is 29.7. The summed E-state index contributed by atoms with van der Waals surface area (Å²) >= 11 is 1.32. The molecular weight excluding hydrogens is 577 g/mol. The number of hydrogen-bond donors (Lipinski definition) is 1. The molecule has 0 fully saturated rings. The summed E-state index contributed by atoms with van der Waals surface area (Å²) in [5.41, 5.74) is 3.10. The highest BCUT2D eigenvalue weighted by Crippen LogP contribution is 2.42. The van der Waals surface area contributed by atoms with Gasteiger partial charge in [-0.1, -0.05) is 129 Å². The van der Waals surface area contributed by atoms with Gasteiger partial charge in [-0.25, -0.2) is 0 Å². The number of aryl methyl sites for hydroxylation is 2. The van der Waals surface area contributed by atoms with Crippen molar-refractivity contribution >= 4 is 28.7 Å². The van der Waals surface area contributed by atoms with Crippen molar-refractivity contribution in [2.45, 2.75) is 156 Å². The molecule has 0 aliphatic heterocycles. The standard InChI is InChI=1S/C39H60N2O3S/c1-5-7-9-11-13-15-17-19-21-23-27-41(28-24-22-20-18-16-14-12-10-8-6-2)32-25-26-33(34(42)29-32)36-38(43)37(39(36)44)35-30(3)40-45-31(35)4/h25-26,29,43H,5-24,27-28H2,1-4H3/b36-33+. The van der Waals surface area contributed by atoms with E-state index in [1.165, 1.54) is 127 Å². The predicted octanol–water partition coefficient (Wildman–Crippen LogP) is 11.1. The van der Waals surface area contributed by atoms with Crippen LogP contribution in [0.5, 0.6) is 0 Å². The molecule has 1 aromatic rings. The van der Waals surface area contributed by atoms with E-state index < -0.39 is 0 Å². The predicted molar refractivity (Wildman–Crippen MR) is 191 cm³/mol. The second kappa shape index (κ2) is 20.6. The number of rotatable bonds is 24. The number of aliphatic hydroxyl groups is 1. The van der Waals surface area contributed by atoms with Crippen LogP contribution in [0.3, 0.4) is 0 Å². The van der Waals surface area contributed by atoms with Crippen LogP contribution < -0.4 is 0 Å². The number of aliphatic hydroxyl groups excluding tert-OH is 1. The molecule has 0 saturated carbocycles. The van der Waals surface area contributed by atoms with Gasteiger partial charge in [-0.2, -0.15) is 4.37 Å². The van der Waals surface area contributed by atoms with Gasteiger partial charge in [0.25, 0.3) is 0 Å². The van der Waals surface area contributed by atoms with Crippen LogP contribution in [0, 0.1) is 13.8 Å². The Morgan fingerprint density at radius 1 is 0.667 bits per heavy atom. The summed E-state index contributed by atoms with van der Waals surface area (Å²) < 4.78 is 4.32. The second-order valence-electron chi connectivity index (χ2n) is 13.2. The molecular formula is C39H60N2O3S. The van der Waals surface area contributed by atoms with Gasteiger partial charge in [-0.3, -0.25) is 9.59 Å². The summed E-state index contributed by atoms with van der Waals surface area (Å²) in [6, 6.07) is 0. The van der Waals surface area contributed by atoms with Gasteiger partial charge in [0.05, 0.1) is 16.8 Å². The maximum atomic E-state index is 13.3. The average molecular weight is 637 g/mol. The minimum atomic E-state index is -0.267. The SMILES string of the molecule is CCCCCCCCCCCCN(CCCCCCCCCCCC)C1=CC(=O)/C(=C2/C(=O)C(c3c(C)nsc3C)=C2O)C=C1. The van der Waals surface area contributed by atoms with Crippen molar-refractivity contribution < 1.29 is 14.7 Å². The highest BCUT2D eigenvalue weighted by Gasteiger charge is 2.40. The van der Waals surface area contributed by atoms with Crippen LogP contribution in [0.4, 0.5) is 0 Å². The van der Waals surface area contributed by atoms with Gasteiger partial charge in [0.15, 0.2) is 5.78 Å². The molecule has 2 aliphatic carbocycles. The van der Waals surface area contributed by atoms with Gasteiger partial charge in [-0.15, -0.1) is 0 Å². The molecule has 0 amide bonds. The lowest BCUT2D eigenvalue weighted by Gasteiger charge is -2.29. The number of Topliss-reactive ketones (excluding diaryl/α,β-unsaturated/α-hetero) is 1. The molecule has 0 bridgehead atoms. The third kappa shape index (κ3) is 11.4. The van der Waals surface area contributed by atoms with E-state index in [0.717, 1.165) is 42.2 Å². The largest absolute Gasteiger partial charge is 0.506 e. The first-order valence-electron chi connectivity index (χ1n) is 18.3. The number of ketones is 2. The highest BCUT2D eigenvalue weighted by molar-refractivity contribution is 7.06. The highest BCUT2D eigenvalue weighted by atomic mass is 32.1. The third-order valence-electron chi connectivity index (χ3n) is 9.37. The Kier molecular flexibility index (Phi) is 16.9. The topological polar surface area (TPSA) is 70.5 Å². The van der Waals surface area contributed by atoms with Crippen molar-refractivity contribution in [3.63, 3.8) is 0 Å². The van der Waals surface area contributed by atoms with Crippen LogP contribution >= 0.6 is 11.5 Å². The minimum Gasteiger partial charge on any atom is -0.506 e. The van der Waals surface area contributed by atoms with E-state index in [-0.39, 0.29) is 22.9 Å². The molecule has 5 nitrogen and oxygen atoms in total. The molecule has 1 N–H and O–H groups in total. The van der Waals surface area contributed by atoms with Crippen molar-refractivity contribution in [3.8, 4) is 0 Å². The molecule has 0 saturated heterocycles. The quantitative estimate of drug-likeness (QED) is 0.0903. The van der Waals surface area contributed by atoms with Crippen LogP contribution in [0.25, 0.3) is 5.57 Å². The van der Waals surface area contributed by atoms with Crippen LogP contribution in [0.15, 0.2) is 40.8 Å². The van der Waals surface area contributed by atoms with Crippen LogP contribution in [-0.2, 0) is 9.59 Å². The number of unbranched alkanes of at least 4 members (excludes halogenated alkanes) is 18. The van der Waals surface area contributed by atoms with E-state index in [0.29, 0.717) is 16.7 Å². The Bertz CT molecular complexity index is 1180. The molecule has 1 heterocycles. The zero-order valence-electron chi connectivity index (χ0n) is 28.9. The van der Waals surface area contributed by atoms with E-state index in [4.69, 9.17) is 0 Å². The van der Waals surface area contributed by atoms with Crippen molar-refractivity contribution in [1.82, 2.24) is 9.27 Å². The maximum absolute atomic E-state index is 13.3. The first-order chi connectivity index (χ1) is 21.9. The van der Waals surface area contributed by atoms with Crippen molar-refractivity contribution in [2.75, 3.05) is 13.1 Å². The molecule has 6 heteroatoms. The number of carbonyl (C=O) groups is 2. The van der Waals surface area contributed by atoms with Gasteiger partial charge < -0.3 is 10.0 Å². The van der Waals surface area contributed by atoms with E-state index in [9.17, 15) is 14.7 Å². The van der Waals surface area contributed by atoms with Crippen molar-refractivity contribution in [1.29, 1.82) is 0 Å². The summed E-state index contributed by atoms with van der Waals surface area (Å²) in [4.78, 5) is 29.8. The molecule has 0 spiro atoms. The maximum Gasteiger partial charge on any atom is 0.201 e. The normalized spacial score (nSPS) is 16.5.